The molecule has 10 nitrogen and oxygen atoms in total. The molecule has 0 radical (unpaired) electrons. The number of rotatable bonds is 6. The van der Waals surface area contributed by atoms with E-state index in [1.165, 1.54) is 30.4 Å². The molecule has 0 aliphatic carbocycles. The van der Waals surface area contributed by atoms with Gasteiger partial charge in [0, 0.05) is 52.4 Å². The van der Waals surface area contributed by atoms with E-state index in [4.69, 9.17) is 21.7 Å². The van der Waals surface area contributed by atoms with E-state index in [1.54, 1.807) is 0 Å². The Morgan fingerprint density at radius 1 is 1.25 bits per heavy atom. The fraction of sp³-hybridized carbons (Fsp3) is 0.556. The first-order chi connectivity index (χ1) is 15.0. The summed E-state index contributed by atoms with van der Waals surface area (Å²) in [7, 11) is 0.658. The molecule has 2 aliphatic heterocycles. The molecule has 3 rings (SSSR count). The number of ether oxygens (including phenoxy) is 2. The Bertz CT molecular complexity index is 963. The highest BCUT2D eigenvalue weighted by Crippen LogP contribution is 2.31. The molecule has 0 aromatic heterocycles. The monoisotopic (exact) mass is 493 g/mol. The Morgan fingerprint density at radius 2 is 1.84 bits per heavy atom. The second kappa shape index (κ2) is 9.68. The van der Waals surface area contributed by atoms with Gasteiger partial charge in [0.05, 0.1) is 25.9 Å². The number of hydrogen-bond acceptors (Lipinski definition) is 7. The van der Waals surface area contributed by atoms with Crippen LogP contribution in [0.5, 0.6) is 0 Å². The second-order valence-corrected chi connectivity index (χ2v) is 9.94. The third-order valence-electron chi connectivity index (χ3n) is 5.19. The lowest BCUT2D eigenvalue weighted by molar-refractivity contribution is 0.142. The van der Waals surface area contributed by atoms with Crippen molar-refractivity contribution in [3.8, 4) is 0 Å². The summed E-state index contributed by atoms with van der Waals surface area (Å²) in [6.45, 7) is 0.711. The van der Waals surface area contributed by atoms with Gasteiger partial charge in [0.15, 0.2) is 11.6 Å². The number of carbonyl (C=O) groups excluding carboxylic acids is 1. The number of nitrogens with one attached hydrogen (secondary N) is 1. The van der Waals surface area contributed by atoms with E-state index >= 15 is 0 Å². The predicted molar refractivity (Wildman–Crippen MR) is 118 cm³/mol. The summed E-state index contributed by atoms with van der Waals surface area (Å²) in [6.07, 6.45) is -1.30. The maximum Gasteiger partial charge on any atom is 0.414 e. The molecule has 32 heavy (non-hydrogen) atoms. The molecule has 0 unspecified atom stereocenters. The summed E-state index contributed by atoms with van der Waals surface area (Å²) in [4.78, 5) is 14.8. The van der Waals surface area contributed by atoms with Gasteiger partial charge >= 0.3 is 6.09 Å². The number of piperazine rings is 1. The Balaban J connectivity index is 1.70. The SMILES string of the molecule is COC(=S)NC[C@H]1CN(c2cc(F)c(N3CCN(S(=O)(=O)N(C)C)CC3)c(F)c2)C(=O)O1. The standard InChI is InChI=1S/C18H25F2N5O5S2/c1-22(2)32(27,28)24-6-4-23(5-7-24)16-14(19)8-12(9-15(16)20)25-11-13(30-18(25)26)10-21-17(31)29-3/h8-9,13H,4-7,10-11H2,1-3H3,(H,21,31)/t13-/m0/s1. The lowest BCUT2D eigenvalue weighted by Crippen LogP contribution is -2.52. The maximum atomic E-state index is 14.9. The van der Waals surface area contributed by atoms with E-state index < -0.39 is 34.0 Å². The van der Waals surface area contributed by atoms with Gasteiger partial charge in [-0.3, -0.25) is 4.90 Å². The van der Waals surface area contributed by atoms with Crippen molar-refractivity contribution in [3.05, 3.63) is 23.8 Å². The van der Waals surface area contributed by atoms with Crippen LogP contribution >= 0.6 is 12.2 Å². The fourth-order valence-electron chi connectivity index (χ4n) is 3.49. The van der Waals surface area contributed by atoms with E-state index in [-0.39, 0.29) is 55.8 Å². The lowest BCUT2D eigenvalue weighted by Gasteiger charge is -2.36. The van der Waals surface area contributed by atoms with Crippen LogP contribution in [0.25, 0.3) is 0 Å². The van der Waals surface area contributed by atoms with Gasteiger partial charge in [-0.25, -0.2) is 13.6 Å². The third-order valence-corrected chi connectivity index (χ3v) is 7.44. The number of cyclic esters (lactones) is 1. The molecule has 1 N–H and O–H groups in total. The zero-order valence-electron chi connectivity index (χ0n) is 17.9. The van der Waals surface area contributed by atoms with Gasteiger partial charge in [0.2, 0.25) is 0 Å². The van der Waals surface area contributed by atoms with Crippen molar-refractivity contribution in [1.29, 1.82) is 0 Å². The smallest absolute Gasteiger partial charge is 0.414 e. The summed E-state index contributed by atoms with van der Waals surface area (Å²) in [6, 6.07) is 2.14. The molecule has 1 aromatic carbocycles. The first-order valence-corrected chi connectivity index (χ1v) is 11.6. The molecule has 2 heterocycles. The molecule has 1 amide bonds. The summed E-state index contributed by atoms with van der Waals surface area (Å²) >= 11 is 4.86. The molecule has 178 valence electrons. The van der Waals surface area contributed by atoms with Crippen molar-refractivity contribution < 1.29 is 31.5 Å². The third kappa shape index (κ3) is 5.03. The van der Waals surface area contributed by atoms with Crippen molar-refractivity contribution in [1.82, 2.24) is 13.9 Å². The van der Waals surface area contributed by atoms with Crippen molar-refractivity contribution in [3.63, 3.8) is 0 Å². The van der Waals surface area contributed by atoms with Gasteiger partial charge in [-0.2, -0.15) is 17.0 Å². The summed E-state index contributed by atoms with van der Waals surface area (Å²) in [5.74, 6) is -1.70. The van der Waals surface area contributed by atoms with Crippen LogP contribution < -0.4 is 15.1 Å². The van der Waals surface area contributed by atoms with Crippen LogP contribution in [0.4, 0.5) is 25.0 Å². The van der Waals surface area contributed by atoms with Crippen LogP contribution in [0.2, 0.25) is 0 Å². The number of amides is 1. The average molecular weight is 494 g/mol. The zero-order valence-corrected chi connectivity index (χ0v) is 19.5. The average Bonchev–Trinajstić information content (AvgIpc) is 3.12. The summed E-state index contributed by atoms with van der Waals surface area (Å²) in [5.41, 5.74) is -0.230. The van der Waals surface area contributed by atoms with Crippen LogP contribution in [-0.2, 0) is 19.7 Å². The summed E-state index contributed by atoms with van der Waals surface area (Å²) in [5, 5.41) is 2.90. The molecule has 2 fully saturated rings. The zero-order chi connectivity index (χ0) is 23.6. The van der Waals surface area contributed by atoms with Crippen LogP contribution in [-0.4, -0.2) is 94.9 Å². The van der Waals surface area contributed by atoms with Crippen LogP contribution in [0.1, 0.15) is 0 Å². The molecule has 1 aromatic rings. The largest absolute Gasteiger partial charge is 0.474 e. The number of methoxy groups -OCH3 is 1. The van der Waals surface area contributed by atoms with Gasteiger partial charge in [-0.1, -0.05) is 0 Å². The molecule has 2 saturated heterocycles. The Kier molecular flexibility index (Phi) is 7.37. The molecule has 0 bridgehead atoms. The number of nitrogens with zero attached hydrogens (tertiary/aromatic N) is 4. The highest BCUT2D eigenvalue weighted by atomic mass is 32.2. The van der Waals surface area contributed by atoms with Gasteiger partial charge in [0.25, 0.3) is 15.4 Å². The van der Waals surface area contributed by atoms with Gasteiger partial charge in [-0.15, -0.1) is 0 Å². The van der Waals surface area contributed by atoms with Crippen LogP contribution in [0, 0.1) is 11.6 Å². The number of carbonyl (C=O) groups is 1. The second-order valence-electron chi connectivity index (χ2n) is 7.42. The van der Waals surface area contributed by atoms with Gasteiger partial charge in [0.1, 0.15) is 11.8 Å². The number of anilines is 2. The van der Waals surface area contributed by atoms with Crippen molar-refractivity contribution >= 4 is 45.1 Å². The molecular weight excluding hydrogens is 468 g/mol. The van der Waals surface area contributed by atoms with Crippen molar-refractivity contribution in [2.75, 3.05) is 70.3 Å². The number of halogens is 2. The fourth-order valence-corrected chi connectivity index (χ4v) is 4.66. The Labute approximate surface area is 190 Å². The van der Waals surface area contributed by atoms with Crippen LogP contribution in [0.3, 0.4) is 0 Å². The van der Waals surface area contributed by atoms with E-state index in [1.807, 2.05) is 0 Å². The quantitative estimate of drug-likeness (QED) is 0.580. The molecule has 2 aliphatic rings. The van der Waals surface area contributed by atoms with E-state index in [2.05, 4.69) is 5.32 Å². The lowest BCUT2D eigenvalue weighted by atomic mass is 10.2. The van der Waals surface area contributed by atoms with E-state index in [9.17, 15) is 22.0 Å². The molecule has 0 spiro atoms. The first kappa shape index (κ1) is 24.4. The molecule has 14 heteroatoms. The minimum absolute atomic E-state index is 0.0272. The number of benzene rings is 1. The molecule has 1 atom stereocenters. The van der Waals surface area contributed by atoms with Crippen molar-refractivity contribution in [2.24, 2.45) is 0 Å². The van der Waals surface area contributed by atoms with Crippen molar-refractivity contribution in [2.45, 2.75) is 6.10 Å². The highest BCUT2D eigenvalue weighted by Gasteiger charge is 2.35. The normalized spacial score (nSPS) is 19.9. The van der Waals surface area contributed by atoms with Crippen LogP contribution in [0.15, 0.2) is 12.1 Å². The van der Waals surface area contributed by atoms with E-state index in [0.29, 0.717) is 0 Å². The summed E-state index contributed by atoms with van der Waals surface area (Å²) < 4.78 is 66.6. The van der Waals surface area contributed by atoms with E-state index in [0.717, 1.165) is 21.3 Å². The number of thiocarbonyl (C=S) groups is 1. The Hall–Kier alpha value is -2.29. The number of hydrogen-bond donors (Lipinski definition) is 1. The Morgan fingerprint density at radius 3 is 2.38 bits per heavy atom. The molecular formula is C18H25F2N5O5S2. The topological polar surface area (TPSA) is 94.7 Å². The van der Waals surface area contributed by atoms with Gasteiger partial charge < -0.3 is 19.7 Å². The maximum absolute atomic E-state index is 14.9. The first-order valence-electron chi connectivity index (χ1n) is 9.76. The minimum atomic E-state index is -3.59. The predicted octanol–water partition coefficient (Wildman–Crippen LogP) is 0.739. The van der Waals surface area contributed by atoms with Gasteiger partial charge in [-0.05, 0) is 12.2 Å². The minimum Gasteiger partial charge on any atom is -0.474 e. The molecule has 0 saturated carbocycles. The highest BCUT2D eigenvalue weighted by molar-refractivity contribution is 7.86.